The molecule has 9 aromatic rings. The van der Waals surface area contributed by atoms with Gasteiger partial charge >= 0.3 is 0 Å². The monoisotopic (exact) mass is 667 g/mol. The van der Waals surface area contributed by atoms with Gasteiger partial charge in [0.25, 0.3) is 0 Å². The Morgan fingerprint density at radius 1 is 0.373 bits per heavy atom. The highest BCUT2D eigenvalue weighted by molar-refractivity contribution is 7.26. The van der Waals surface area contributed by atoms with Crippen molar-refractivity contribution in [2.75, 3.05) is 4.90 Å². The molecule has 0 amide bonds. The number of rotatable bonds is 6. The number of fused-ring (bicyclic) bond motifs is 6. The number of anilines is 3. The quantitative estimate of drug-likeness (QED) is 0.171. The molecule has 0 bridgehead atoms. The van der Waals surface area contributed by atoms with Crippen LogP contribution in [0.4, 0.5) is 17.1 Å². The molecular formula is C49H33NS. The number of hydrogen-bond donors (Lipinski definition) is 0. The Balaban J connectivity index is 1.17. The first kappa shape index (κ1) is 29.7. The van der Waals surface area contributed by atoms with E-state index in [1.807, 2.05) is 11.3 Å². The standard InChI is InChI=1S/C49H33NS/c1-3-14-34(15-4-1)35-26-30-38(31-27-35)50(46-24-13-21-43-42-20-9-12-25-47(42)51-48(43)46)39-32-28-37(29-33-39)49(36-16-5-2-6-17-36)44-22-10-7-18-40(44)41-19-8-11-23-45(41)49/h1-33H. The highest BCUT2D eigenvalue weighted by Gasteiger charge is 2.45. The van der Waals surface area contributed by atoms with Gasteiger partial charge in [0, 0.05) is 26.8 Å². The van der Waals surface area contributed by atoms with Gasteiger partial charge in [-0.3, -0.25) is 0 Å². The Morgan fingerprint density at radius 2 is 0.882 bits per heavy atom. The van der Waals surface area contributed by atoms with Crippen molar-refractivity contribution in [2.24, 2.45) is 0 Å². The van der Waals surface area contributed by atoms with E-state index in [1.54, 1.807) is 0 Å². The Morgan fingerprint density at radius 3 is 1.57 bits per heavy atom. The van der Waals surface area contributed by atoms with E-state index in [0.29, 0.717) is 0 Å². The van der Waals surface area contributed by atoms with Crippen molar-refractivity contribution in [3.8, 4) is 22.3 Å². The lowest BCUT2D eigenvalue weighted by atomic mass is 9.68. The van der Waals surface area contributed by atoms with Crippen LogP contribution in [0.1, 0.15) is 22.3 Å². The van der Waals surface area contributed by atoms with E-state index in [9.17, 15) is 0 Å². The Bertz CT molecular complexity index is 2630. The molecule has 0 fully saturated rings. The van der Waals surface area contributed by atoms with Crippen molar-refractivity contribution in [2.45, 2.75) is 5.41 Å². The van der Waals surface area contributed by atoms with Crippen molar-refractivity contribution in [3.63, 3.8) is 0 Å². The van der Waals surface area contributed by atoms with Gasteiger partial charge < -0.3 is 4.90 Å². The lowest BCUT2D eigenvalue weighted by molar-refractivity contribution is 0.768. The fraction of sp³-hybridized carbons (Fsp3) is 0.0204. The van der Waals surface area contributed by atoms with Crippen molar-refractivity contribution >= 4 is 48.6 Å². The van der Waals surface area contributed by atoms with Crippen LogP contribution in [-0.4, -0.2) is 0 Å². The molecule has 0 spiro atoms. The minimum absolute atomic E-state index is 0.430. The SMILES string of the molecule is c1ccc(-c2ccc(N(c3ccc(C4(c5ccccc5)c5ccccc5-c5ccccc54)cc3)c3cccc4c3sc3ccccc34)cc2)cc1. The molecular weight excluding hydrogens is 635 g/mol. The van der Waals surface area contributed by atoms with Crippen LogP contribution in [0.5, 0.6) is 0 Å². The molecule has 240 valence electrons. The topological polar surface area (TPSA) is 3.24 Å². The second-order valence-electron chi connectivity index (χ2n) is 13.3. The van der Waals surface area contributed by atoms with Crippen LogP contribution in [0.15, 0.2) is 200 Å². The minimum Gasteiger partial charge on any atom is -0.309 e. The van der Waals surface area contributed by atoms with Crippen molar-refractivity contribution in [1.82, 2.24) is 0 Å². The summed E-state index contributed by atoms with van der Waals surface area (Å²) >= 11 is 1.87. The molecule has 0 radical (unpaired) electrons. The second-order valence-corrected chi connectivity index (χ2v) is 14.3. The third kappa shape index (κ3) is 4.61. The molecule has 2 heteroatoms. The largest absolute Gasteiger partial charge is 0.309 e. The first-order chi connectivity index (χ1) is 25.3. The van der Waals surface area contributed by atoms with Crippen LogP contribution in [0, 0.1) is 0 Å². The summed E-state index contributed by atoms with van der Waals surface area (Å²) in [6.45, 7) is 0. The van der Waals surface area contributed by atoms with E-state index in [-0.39, 0.29) is 0 Å². The molecule has 0 atom stereocenters. The van der Waals surface area contributed by atoms with Gasteiger partial charge in [0.2, 0.25) is 0 Å². The van der Waals surface area contributed by atoms with Gasteiger partial charge in [0.05, 0.1) is 15.8 Å². The van der Waals surface area contributed by atoms with Crippen LogP contribution in [0.2, 0.25) is 0 Å². The van der Waals surface area contributed by atoms with Gasteiger partial charge in [-0.1, -0.05) is 164 Å². The Kier molecular flexibility index (Phi) is 6.97. The smallest absolute Gasteiger partial charge is 0.0713 e. The summed E-state index contributed by atoms with van der Waals surface area (Å²) in [4.78, 5) is 2.43. The fourth-order valence-electron chi connectivity index (χ4n) is 8.34. The summed E-state index contributed by atoms with van der Waals surface area (Å²) in [6, 6.07) is 73.4. The van der Waals surface area contributed by atoms with E-state index in [1.165, 1.54) is 70.4 Å². The maximum atomic E-state index is 2.43. The van der Waals surface area contributed by atoms with E-state index in [4.69, 9.17) is 0 Å². The zero-order chi connectivity index (χ0) is 33.8. The summed E-state index contributed by atoms with van der Waals surface area (Å²) in [6.07, 6.45) is 0. The third-order valence-electron chi connectivity index (χ3n) is 10.6. The number of nitrogens with zero attached hydrogens (tertiary/aromatic N) is 1. The average Bonchev–Trinajstić information content (AvgIpc) is 3.74. The lowest BCUT2D eigenvalue weighted by Crippen LogP contribution is -2.28. The first-order valence-electron chi connectivity index (χ1n) is 17.5. The Hall–Kier alpha value is -6.22. The molecule has 10 rings (SSSR count). The fourth-order valence-corrected chi connectivity index (χ4v) is 9.55. The number of benzene rings is 8. The van der Waals surface area contributed by atoms with Gasteiger partial charge in [0.15, 0.2) is 0 Å². The third-order valence-corrected chi connectivity index (χ3v) is 11.8. The summed E-state index contributed by atoms with van der Waals surface area (Å²) < 4.78 is 2.59. The van der Waals surface area contributed by atoms with Crippen molar-refractivity contribution < 1.29 is 0 Å². The van der Waals surface area contributed by atoms with Crippen LogP contribution < -0.4 is 4.90 Å². The predicted octanol–water partition coefficient (Wildman–Crippen LogP) is 13.6. The van der Waals surface area contributed by atoms with Crippen molar-refractivity contribution in [1.29, 1.82) is 0 Å². The zero-order valence-electron chi connectivity index (χ0n) is 27.9. The van der Waals surface area contributed by atoms with Gasteiger partial charge in [-0.05, 0) is 80.9 Å². The molecule has 0 N–H and O–H groups in total. The summed E-state index contributed by atoms with van der Waals surface area (Å²) in [5.74, 6) is 0. The van der Waals surface area contributed by atoms with Crippen LogP contribution >= 0.6 is 11.3 Å². The second kappa shape index (κ2) is 12.0. The highest BCUT2D eigenvalue weighted by atomic mass is 32.1. The van der Waals surface area contributed by atoms with Crippen LogP contribution in [-0.2, 0) is 5.41 Å². The van der Waals surface area contributed by atoms with Gasteiger partial charge in [-0.15, -0.1) is 11.3 Å². The number of hydrogen-bond acceptors (Lipinski definition) is 2. The first-order valence-corrected chi connectivity index (χ1v) is 18.3. The summed E-state index contributed by atoms with van der Waals surface area (Å²) in [5.41, 5.74) is 13.2. The van der Waals surface area contributed by atoms with Gasteiger partial charge in [0.1, 0.15) is 0 Å². The molecule has 1 aliphatic rings. The van der Waals surface area contributed by atoms with E-state index in [0.717, 1.165) is 11.4 Å². The maximum absolute atomic E-state index is 2.43. The maximum Gasteiger partial charge on any atom is 0.0713 e. The molecule has 1 heterocycles. The lowest BCUT2D eigenvalue weighted by Gasteiger charge is -2.34. The molecule has 0 unspecified atom stereocenters. The molecule has 0 saturated heterocycles. The minimum atomic E-state index is -0.430. The molecule has 0 aliphatic heterocycles. The normalized spacial score (nSPS) is 12.9. The van der Waals surface area contributed by atoms with E-state index >= 15 is 0 Å². The predicted molar refractivity (Wildman–Crippen MR) is 217 cm³/mol. The highest BCUT2D eigenvalue weighted by Crippen LogP contribution is 2.56. The van der Waals surface area contributed by atoms with Gasteiger partial charge in [-0.2, -0.15) is 0 Å². The average molecular weight is 668 g/mol. The van der Waals surface area contributed by atoms with Crippen LogP contribution in [0.25, 0.3) is 42.4 Å². The van der Waals surface area contributed by atoms with Gasteiger partial charge in [-0.25, -0.2) is 0 Å². The molecule has 0 saturated carbocycles. The number of thiophene rings is 1. The van der Waals surface area contributed by atoms with Crippen LogP contribution in [0.3, 0.4) is 0 Å². The Labute approximate surface area is 302 Å². The zero-order valence-corrected chi connectivity index (χ0v) is 28.7. The molecule has 1 aliphatic carbocycles. The molecule has 8 aromatic carbocycles. The molecule has 51 heavy (non-hydrogen) atoms. The molecule has 1 nitrogen and oxygen atoms in total. The van der Waals surface area contributed by atoms with Crippen molar-refractivity contribution in [3.05, 3.63) is 222 Å². The van der Waals surface area contributed by atoms with E-state index < -0.39 is 5.41 Å². The summed E-state index contributed by atoms with van der Waals surface area (Å²) in [5, 5.41) is 2.59. The molecule has 1 aromatic heterocycles. The van der Waals surface area contributed by atoms with E-state index in [2.05, 4.69) is 205 Å². The summed E-state index contributed by atoms with van der Waals surface area (Å²) in [7, 11) is 0.